The Morgan fingerprint density at radius 3 is 2.93 bits per heavy atom. The number of hydrogen-bond donors (Lipinski definition) is 0. The Kier molecular flexibility index (Phi) is 2.64. The summed E-state index contributed by atoms with van der Waals surface area (Å²) in [6.07, 6.45) is 0.915. The summed E-state index contributed by atoms with van der Waals surface area (Å²) in [6.45, 7) is 3.81. The maximum Gasteiger partial charge on any atom is 0.147 e. The molecule has 0 aliphatic carbocycles. The topological polar surface area (TPSA) is 39.9 Å². The van der Waals surface area contributed by atoms with Crippen molar-refractivity contribution in [1.82, 2.24) is 9.88 Å². The van der Waals surface area contributed by atoms with Crippen LogP contribution < -0.4 is 0 Å². The minimum atomic E-state index is 0.346. The minimum Gasteiger partial charge on any atom is -0.302 e. The fourth-order valence-electron chi connectivity index (χ4n) is 1.96. The Hall–Kier alpha value is -1.11. The summed E-state index contributed by atoms with van der Waals surface area (Å²) in [5.41, 5.74) is 3.73. The van der Waals surface area contributed by atoms with E-state index in [-0.39, 0.29) is 0 Å². The van der Waals surface area contributed by atoms with Gasteiger partial charge in [0.05, 0.1) is 5.56 Å². The number of aromatic nitrogens is 1. The summed E-state index contributed by atoms with van der Waals surface area (Å²) in [5.74, 6) is 0. The van der Waals surface area contributed by atoms with Gasteiger partial charge in [-0.2, -0.15) is 5.26 Å². The molecule has 0 unspecified atom stereocenters. The fourth-order valence-corrected chi connectivity index (χ4v) is 2.24. The molecule has 1 aliphatic rings. The van der Waals surface area contributed by atoms with E-state index in [2.05, 4.69) is 23.0 Å². The van der Waals surface area contributed by atoms with Crippen molar-refractivity contribution < 1.29 is 0 Å². The van der Waals surface area contributed by atoms with E-state index in [0.717, 1.165) is 30.8 Å². The lowest BCUT2D eigenvalue weighted by Gasteiger charge is -2.26. The molecule has 2 heterocycles. The first-order valence-corrected chi connectivity index (χ1v) is 5.27. The van der Waals surface area contributed by atoms with Crippen LogP contribution >= 0.6 is 11.6 Å². The highest BCUT2D eigenvalue weighted by Gasteiger charge is 2.20. The molecule has 1 aromatic rings. The average Bonchev–Trinajstić information content (AvgIpc) is 2.20. The zero-order valence-corrected chi connectivity index (χ0v) is 9.60. The van der Waals surface area contributed by atoms with Crippen LogP contribution in [0, 0.1) is 18.3 Å². The van der Waals surface area contributed by atoms with E-state index in [1.807, 2.05) is 6.92 Å². The Morgan fingerprint density at radius 2 is 2.27 bits per heavy atom. The van der Waals surface area contributed by atoms with Gasteiger partial charge in [0, 0.05) is 25.2 Å². The van der Waals surface area contributed by atoms with Gasteiger partial charge in [0.2, 0.25) is 0 Å². The van der Waals surface area contributed by atoms with Crippen LogP contribution in [0.2, 0.25) is 5.15 Å². The van der Waals surface area contributed by atoms with Crippen LogP contribution in [-0.2, 0) is 13.0 Å². The van der Waals surface area contributed by atoms with Crippen LogP contribution in [0.3, 0.4) is 0 Å². The number of hydrogen-bond acceptors (Lipinski definition) is 3. The molecule has 1 aromatic heterocycles. The van der Waals surface area contributed by atoms with Gasteiger partial charge in [-0.1, -0.05) is 11.6 Å². The lowest BCUT2D eigenvalue weighted by Crippen LogP contribution is -2.28. The van der Waals surface area contributed by atoms with Crippen LogP contribution in [0.1, 0.15) is 22.4 Å². The van der Waals surface area contributed by atoms with Gasteiger partial charge in [0.25, 0.3) is 0 Å². The van der Waals surface area contributed by atoms with E-state index in [1.165, 1.54) is 5.56 Å². The summed E-state index contributed by atoms with van der Waals surface area (Å²) in [5, 5.41) is 9.32. The zero-order valence-electron chi connectivity index (χ0n) is 8.84. The lowest BCUT2D eigenvalue weighted by molar-refractivity contribution is 0.309. The first-order valence-electron chi connectivity index (χ1n) is 4.90. The van der Waals surface area contributed by atoms with Gasteiger partial charge in [-0.25, -0.2) is 4.98 Å². The summed E-state index contributed by atoms with van der Waals surface area (Å²) in [4.78, 5) is 6.52. The van der Waals surface area contributed by atoms with Crippen molar-refractivity contribution in [2.24, 2.45) is 0 Å². The van der Waals surface area contributed by atoms with E-state index in [9.17, 15) is 0 Å². The third-order valence-electron chi connectivity index (χ3n) is 2.89. The van der Waals surface area contributed by atoms with Crippen molar-refractivity contribution in [1.29, 1.82) is 5.26 Å². The normalized spacial score (nSPS) is 15.9. The molecule has 0 spiro atoms. The predicted octanol–water partition coefficient (Wildman–Crippen LogP) is 1.90. The molecule has 3 nitrogen and oxygen atoms in total. The highest BCUT2D eigenvalue weighted by atomic mass is 35.5. The van der Waals surface area contributed by atoms with E-state index in [0.29, 0.717) is 10.7 Å². The SMILES string of the molecule is Cc1c(C#N)c(Cl)nc2c1CN(C)CC2. The number of pyridine rings is 1. The molecule has 0 fully saturated rings. The molecular formula is C11H12ClN3. The minimum absolute atomic E-state index is 0.346. The van der Waals surface area contributed by atoms with Gasteiger partial charge in [0.15, 0.2) is 0 Å². The van der Waals surface area contributed by atoms with Crippen molar-refractivity contribution in [2.45, 2.75) is 19.9 Å². The third-order valence-corrected chi connectivity index (χ3v) is 3.16. The third kappa shape index (κ3) is 1.71. The molecule has 0 bridgehead atoms. The fraction of sp³-hybridized carbons (Fsp3) is 0.455. The molecule has 2 rings (SSSR count). The molecule has 0 amide bonds. The van der Waals surface area contributed by atoms with Gasteiger partial charge < -0.3 is 4.90 Å². The van der Waals surface area contributed by atoms with E-state index >= 15 is 0 Å². The summed E-state index contributed by atoms with van der Waals surface area (Å²) in [7, 11) is 2.07. The van der Waals surface area contributed by atoms with Crippen molar-refractivity contribution in [3.63, 3.8) is 0 Å². The first kappa shape index (κ1) is 10.4. The number of fused-ring (bicyclic) bond motifs is 1. The van der Waals surface area contributed by atoms with Crippen LogP contribution in [0.5, 0.6) is 0 Å². The van der Waals surface area contributed by atoms with E-state index < -0.39 is 0 Å². The summed E-state index contributed by atoms with van der Waals surface area (Å²) in [6, 6.07) is 2.12. The van der Waals surface area contributed by atoms with Gasteiger partial charge in [0.1, 0.15) is 11.2 Å². The second-order valence-electron chi connectivity index (χ2n) is 3.93. The molecule has 0 atom stereocenters. The second-order valence-corrected chi connectivity index (χ2v) is 4.29. The molecule has 0 saturated heterocycles. The van der Waals surface area contributed by atoms with Crippen molar-refractivity contribution in [2.75, 3.05) is 13.6 Å². The molecular weight excluding hydrogens is 210 g/mol. The van der Waals surface area contributed by atoms with E-state index in [4.69, 9.17) is 16.9 Å². The lowest BCUT2D eigenvalue weighted by atomic mass is 9.98. The maximum atomic E-state index is 8.98. The van der Waals surface area contributed by atoms with Crippen LogP contribution in [0.15, 0.2) is 0 Å². The molecule has 0 aromatic carbocycles. The zero-order chi connectivity index (χ0) is 11.0. The summed E-state index contributed by atoms with van der Waals surface area (Å²) >= 11 is 5.96. The molecule has 0 radical (unpaired) electrons. The van der Waals surface area contributed by atoms with Gasteiger partial charge in [-0.3, -0.25) is 0 Å². The Labute approximate surface area is 94.3 Å². The van der Waals surface area contributed by atoms with Gasteiger partial charge in [-0.05, 0) is 25.1 Å². The quantitative estimate of drug-likeness (QED) is 0.629. The molecule has 0 N–H and O–H groups in total. The van der Waals surface area contributed by atoms with Crippen molar-refractivity contribution in [3.8, 4) is 6.07 Å². The molecule has 4 heteroatoms. The molecule has 1 aliphatic heterocycles. The Morgan fingerprint density at radius 1 is 1.53 bits per heavy atom. The highest BCUT2D eigenvalue weighted by molar-refractivity contribution is 6.30. The van der Waals surface area contributed by atoms with Crippen molar-refractivity contribution >= 4 is 11.6 Å². The Balaban J connectivity index is 2.60. The van der Waals surface area contributed by atoms with Gasteiger partial charge in [-0.15, -0.1) is 0 Å². The monoisotopic (exact) mass is 221 g/mol. The maximum absolute atomic E-state index is 8.98. The highest BCUT2D eigenvalue weighted by Crippen LogP contribution is 2.26. The number of likely N-dealkylation sites (N-methyl/N-ethyl adjacent to an activating group) is 1. The second kappa shape index (κ2) is 3.80. The number of nitriles is 1. The number of halogens is 1. The predicted molar refractivity (Wildman–Crippen MR) is 58.7 cm³/mol. The van der Waals surface area contributed by atoms with Crippen LogP contribution in [-0.4, -0.2) is 23.5 Å². The molecule has 78 valence electrons. The van der Waals surface area contributed by atoms with E-state index in [1.54, 1.807) is 0 Å². The molecule has 15 heavy (non-hydrogen) atoms. The average molecular weight is 222 g/mol. The molecule has 0 saturated carbocycles. The van der Waals surface area contributed by atoms with Crippen LogP contribution in [0.25, 0.3) is 0 Å². The number of rotatable bonds is 0. The standard InChI is InChI=1S/C11H12ClN3/c1-7-8(5-13)11(12)14-10-3-4-15(2)6-9(7)10/h3-4,6H2,1-2H3. The number of nitrogens with zero attached hydrogens (tertiary/aromatic N) is 3. The Bertz CT molecular complexity index is 448. The summed E-state index contributed by atoms with van der Waals surface area (Å²) < 4.78 is 0. The first-order chi connectivity index (χ1) is 7.13. The van der Waals surface area contributed by atoms with Crippen molar-refractivity contribution in [3.05, 3.63) is 27.5 Å². The smallest absolute Gasteiger partial charge is 0.147 e. The largest absolute Gasteiger partial charge is 0.302 e. The van der Waals surface area contributed by atoms with Crippen LogP contribution in [0.4, 0.5) is 0 Å². The van der Waals surface area contributed by atoms with Gasteiger partial charge >= 0.3 is 0 Å².